The van der Waals surface area contributed by atoms with E-state index in [0.717, 1.165) is 36.8 Å². The van der Waals surface area contributed by atoms with E-state index in [-0.39, 0.29) is 48.8 Å². The molecule has 5 rings (SSSR count). The second kappa shape index (κ2) is 14.5. The van der Waals surface area contributed by atoms with Crippen LogP contribution in [0.2, 0.25) is 0 Å². The zero-order valence-electron chi connectivity index (χ0n) is 27.2. The molecular weight excluding hydrogens is 648 g/mol. The van der Waals surface area contributed by atoms with E-state index in [1.165, 1.54) is 12.0 Å². The Labute approximate surface area is 277 Å². The molecule has 2 aromatic carbocycles. The molecule has 0 spiro atoms. The smallest absolute Gasteiger partial charge is 0.421 e. The van der Waals surface area contributed by atoms with Crippen molar-refractivity contribution in [1.82, 2.24) is 14.9 Å². The summed E-state index contributed by atoms with van der Waals surface area (Å²) >= 11 is 0. The van der Waals surface area contributed by atoms with Gasteiger partial charge in [0.2, 0.25) is 5.95 Å². The lowest BCUT2D eigenvalue weighted by Gasteiger charge is -2.27. The van der Waals surface area contributed by atoms with Gasteiger partial charge in [-0.2, -0.15) is 23.4 Å². The van der Waals surface area contributed by atoms with E-state index >= 15 is 0 Å². The highest BCUT2D eigenvalue weighted by atomic mass is 31.2. The fraction of sp³-hybridized carbons (Fsp3) is 0.455. The van der Waals surface area contributed by atoms with Gasteiger partial charge in [0.15, 0.2) is 0 Å². The minimum Gasteiger partial charge on any atom is -0.495 e. The van der Waals surface area contributed by atoms with Crippen LogP contribution in [0.3, 0.4) is 0 Å². The number of ether oxygens (including phenoxy) is 1. The number of nitrogens with zero attached hydrogens (tertiary/aromatic N) is 4. The van der Waals surface area contributed by atoms with Crippen molar-refractivity contribution < 1.29 is 36.3 Å². The molecule has 0 atom stereocenters. The van der Waals surface area contributed by atoms with Crippen molar-refractivity contribution in [2.24, 2.45) is 5.92 Å². The maximum atomic E-state index is 14.2. The second-order valence-corrected chi connectivity index (χ2v) is 13.8. The molecule has 48 heavy (non-hydrogen) atoms. The van der Waals surface area contributed by atoms with Gasteiger partial charge < -0.3 is 29.3 Å². The Bertz CT molecular complexity index is 1750. The zero-order valence-corrected chi connectivity index (χ0v) is 28.1. The highest BCUT2D eigenvalue weighted by Gasteiger charge is 2.37. The van der Waals surface area contributed by atoms with Gasteiger partial charge in [-0.3, -0.25) is 9.36 Å². The Morgan fingerprint density at radius 1 is 1.06 bits per heavy atom. The minimum absolute atomic E-state index is 0.00563. The lowest BCUT2D eigenvalue weighted by Crippen LogP contribution is -2.18. The first-order chi connectivity index (χ1) is 22.9. The quantitative estimate of drug-likeness (QED) is 0.180. The minimum atomic E-state index is -4.79. The predicted octanol–water partition coefficient (Wildman–Crippen LogP) is 8.14. The fourth-order valence-electron chi connectivity index (χ4n) is 6.27. The molecule has 1 aromatic heterocycles. The van der Waals surface area contributed by atoms with E-state index in [2.05, 4.69) is 26.7 Å². The van der Waals surface area contributed by atoms with Crippen LogP contribution in [0.4, 0.5) is 36.3 Å². The number of carbonyl (C=O) groups excluding carboxylic acids is 1. The largest absolute Gasteiger partial charge is 0.495 e. The standard InChI is InChI=1S/C33H38F3N6O5P/c1-5-46-48(44,47-6-2)19-21-9-13-26(28(15-21)45-4)40-32-38-17-25(33(34,35)36)30(41-32)39-27-14-12-23(22-10-7-20(16-37)8-11-22)24-18-42(3)31(43)29(24)27/h9,12-15,17,20,22H,5-8,10-11,18-19H2,1-4H3,(H2,38,39,40,41)/t20-,22+. The molecule has 11 nitrogen and oxygen atoms in total. The molecule has 256 valence electrons. The number of benzene rings is 2. The van der Waals surface area contributed by atoms with Crippen LogP contribution in [0.1, 0.15) is 78.1 Å². The Morgan fingerprint density at radius 2 is 1.75 bits per heavy atom. The van der Waals surface area contributed by atoms with E-state index in [1.807, 2.05) is 6.07 Å². The van der Waals surface area contributed by atoms with E-state index in [9.17, 15) is 27.8 Å². The monoisotopic (exact) mass is 686 g/mol. The molecule has 1 amide bonds. The first-order valence-electron chi connectivity index (χ1n) is 15.7. The van der Waals surface area contributed by atoms with Gasteiger partial charge in [0.05, 0.1) is 49.5 Å². The van der Waals surface area contributed by atoms with Crippen molar-refractivity contribution in [3.63, 3.8) is 0 Å². The number of rotatable bonds is 12. The van der Waals surface area contributed by atoms with Crippen LogP contribution in [-0.4, -0.2) is 48.1 Å². The van der Waals surface area contributed by atoms with Crippen molar-refractivity contribution in [2.75, 3.05) is 38.0 Å². The summed E-state index contributed by atoms with van der Waals surface area (Å²) in [7, 11) is -0.325. The molecule has 3 aromatic rings. The van der Waals surface area contributed by atoms with Gasteiger partial charge >= 0.3 is 13.8 Å². The van der Waals surface area contributed by atoms with Gasteiger partial charge in [-0.05, 0) is 80.3 Å². The molecule has 2 aliphatic rings. The topological polar surface area (TPSA) is 139 Å². The zero-order chi connectivity index (χ0) is 34.6. The number of carbonyl (C=O) groups is 1. The molecule has 0 saturated heterocycles. The molecule has 1 aliphatic carbocycles. The predicted molar refractivity (Wildman–Crippen MR) is 174 cm³/mol. The molecule has 0 radical (unpaired) electrons. The number of fused-ring (bicyclic) bond motifs is 1. The SMILES string of the molecule is CCOP(=O)(Cc1ccc(Nc2ncc(C(F)(F)F)c(Nc3ccc([C@H]4CC[C@@H](C#N)CC4)c4c3C(=O)N(C)C4)n2)c(OC)c1)OCC. The molecule has 0 unspecified atom stereocenters. The molecule has 1 aliphatic heterocycles. The first kappa shape index (κ1) is 35.1. The summed E-state index contributed by atoms with van der Waals surface area (Å²) in [4.78, 5) is 23.0. The first-order valence-corrected chi connectivity index (χ1v) is 17.5. The normalized spacial score (nSPS) is 18.0. The number of aromatic nitrogens is 2. The molecular formula is C33H38F3N6O5P. The highest BCUT2D eigenvalue weighted by molar-refractivity contribution is 7.53. The molecule has 1 saturated carbocycles. The van der Waals surface area contributed by atoms with Gasteiger partial charge in [0.25, 0.3) is 5.91 Å². The fourth-order valence-corrected chi connectivity index (χ4v) is 7.96. The lowest BCUT2D eigenvalue weighted by molar-refractivity contribution is -0.137. The third kappa shape index (κ3) is 7.59. The lowest BCUT2D eigenvalue weighted by atomic mass is 9.77. The number of nitrogens with one attached hydrogen (secondary N) is 2. The maximum absolute atomic E-state index is 14.2. The molecule has 15 heteroatoms. The average molecular weight is 687 g/mol. The van der Waals surface area contributed by atoms with E-state index in [4.69, 9.17) is 13.8 Å². The van der Waals surface area contributed by atoms with Gasteiger partial charge in [-0.15, -0.1) is 0 Å². The summed E-state index contributed by atoms with van der Waals surface area (Å²) in [5.74, 6) is -0.518. The molecule has 2 heterocycles. The van der Waals surface area contributed by atoms with Crippen molar-refractivity contribution in [3.05, 3.63) is 64.3 Å². The Balaban J connectivity index is 1.46. The van der Waals surface area contributed by atoms with Crippen molar-refractivity contribution in [1.29, 1.82) is 5.26 Å². The third-order valence-electron chi connectivity index (χ3n) is 8.54. The average Bonchev–Trinajstić information content (AvgIpc) is 3.35. The van der Waals surface area contributed by atoms with Crippen LogP contribution in [0.25, 0.3) is 0 Å². The number of hydrogen-bond acceptors (Lipinski definition) is 10. The summed E-state index contributed by atoms with van der Waals surface area (Å²) in [6, 6.07) is 10.7. The number of nitriles is 1. The van der Waals surface area contributed by atoms with Gasteiger partial charge in [-0.25, -0.2) is 4.98 Å². The summed E-state index contributed by atoms with van der Waals surface area (Å²) < 4.78 is 71.9. The molecule has 2 N–H and O–H groups in total. The number of amides is 1. The second-order valence-electron chi connectivity index (χ2n) is 11.7. The van der Waals surface area contributed by atoms with Crippen molar-refractivity contribution in [2.45, 2.75) is 64.3 Å². The Hall–Kier alpha value is -4.18. The Kier molecular flexibility index (Phi) is 10.6. The molecule has 0 bridgehead atoms. The number of alkyl halides is 3. The summed E-state index contributed by atoms with van der Waals surface area (Å²) in [6.07, 6.45) is -0.989. The summed E-state index contributed by atoms with van der Waals surface area (Å²) in [5, 5.41) is 15.0. The summed E-state index contributed by atoms with van der Waals surface area (Å²) in [6.45, 7) is 4.18. The van der Waals surface area contributed by atoms with Crippen molar-refractivity contribution >= 4 is 36.6 Å². The van der Waals surface area contributed by atoms with Crippen LogP contribution in [0.15, 0.2) is 36.5 Å². The van der Waals surface area contributed by atoms with E-state index in [0.29, 0.717) is 35.3 Å². The number of hydrogen-bond donors (Lipinski definition) is 2. The van der Waals surface area contributed by atoms with Gasteiger partial charge in [-0.1, -0.05) is 12.1 Å². The number of methoxy groups -OCH3 is 1. The van der Waals surface area contributed by atoms with Crippen molar-refractivity contribution in [3.8, 4) is 11.8 Å². The molecule has 1 fully saturated rings. The Morgan fingerprint density at radius 3 is 2.38 bits per heavy atom. The van der Waals surface area contributed by atoms with Gasteiger partial charge in [0, 0.05) is 25.7 Å². The maximum Gasteiger partial charge on any atom is 0.421 e. The third-order valence-corrected chi connectivity index (χ3v) is 10.6. The van der Waals surface area contributed by atoms with Crippen LogP contribution in [-0.2, 0) is 32.5 Å². The van der Waals surface area contributed by atoms with Crippen LogP contribution >= 0.6 is 7.60 Å². The van der Waals surface area contributed by atoms with E-state index in [1.54, 1.807) is 45.2 Å². The van der Waals surface area contributed by atoms with Crippen LogP contribution in [0.5, 0.6) is 5.75 Å². The van der Waals surface area contributed by atoms with Gasteiger partial charge in [0.1, 0.15) is 17.1 Å². The highest BCUT2D eigenvalue weighted by Crippen LogP contribution is 2.52. The number of anilines is 4. The van der Waals surface area contributed by atoms with Crippen LogP contribution in [0, 0.1) is 17.2 Å². The van der Waals surface area contributed by atoms with Crippen LogP contribution < -0.4 is 15.4 Å². The summed E-state index contributed by atoms with van der Waals surface area (Å²) in [5.41, 5.74) is 2.12. The van der Waals surface area contributed by atoms with E-state index < -0.39 is 25.2 Å². The number of halogens is 3.